The molecule has 0 spiro atoms. The molecule has 0 heterocycles. The van der Waals surface area contributed by atoms with E-state index in [1.165, 1.54) is 0 Å². The van der Waals surface area contributed by atoms with Crippen molar-refractivity contribution in [1.29, 1.82) is 0 Å². The average Bonchev–Trinajstić information content (AvgIpc) is 2.87. The van der Waals surface area contributed by atoms with Crippen LogP contribution in [0.2, 0.25) is 0 Å². The van der Waals surface area contributed by atoms with Crippen LogP contribution in [0.15, 0.2) is 0 Å². The number of aliphatic hydroxyl groups excluding tert-OH is 1. The van der Waals surface area contributed by atoms with Crippen molar-refractivity contribution in [3.8, 4) is 0 Å². The van der Waals surface area contributed by atoms with E-state index in [0.29, 0.717) is 24.2 Å². The van der Waals surface area contributed by atoms with E-state index in [-0.39, 0.29) is 24.2 Å². The molecule has 21 heavy (non-hydrogen) atoms. The van der Waals surface area contributed by atoms with Crippen molar-refractivity contribution in [3.05, 3.63) is 0 Å². The van der Waals surface area contributed by atoms with Gasteiger partial charge in [-0.2, -0.15) is 13.2 Å². The largest absolute Gasteiger partial charge is 0.448 e. The predicted octanol–water partition coefficient (Wildman–Crippen LogP) is 3.13. The highest BCUT2D eigenvalue weighted by molar-refractivity contribution is 5.09. The molecule has 2 nitrogen and oxygen atoms in total. The van der Waals surface area contributed by atoms with Gasteiger partial charge in [0.15, 0.2) is 0 Å². The zero-order chi connectivity index (χ0) is 15.7. The van der Waals surface area contributed by atoms with E-state index in [9.17, 15) is 27.8 Å². The summed E-state index contributed by atoms with van der Waals surface area (Å²) in [5.41, 5.74) is 0. The number of aliphatic hydroxyl groups is 2. The maximum Gasteiger partial charge on any atom is 0.448 e. The van der Waals surface area contributed by atoms with Crippen LogP contribution in [0.4, 0.5) is 17.6 Å². The van der Waals surface area contributed by atoms with Gasteiger partial charge in [-0.25, -0.2) is 4.39 Å². The van der Waals surface area contributed by atoms with Crippen molar-refractivity contribution in [3.63, 3.8) is 0 Å². The summed E-state index contributed by atoms with van der Waals surface area (Å²) in [6.45, 7) is 4.22. The zero-order valence-corrected chi connectivity index (χ0v) is 12.1. The standard InChI is InChI=1S/C15H22F4O2/c1-6-7(2)10-5-9(6)8-3-4-11(13(20)12(8)10)14(16,21)15(17,18)19/h6-13,20-21H,3-5H2,1-2H3. The molecule has 9 atom stereocenters. The Kier molecular flexibility index (Phi) is 3.38. The number of hydrogen-bond acceptors (Lipinski definition) is 2. The fourth-order valence-corrected chi connectivity index (χ4v) is 5.55. The van der Waals surface area contributed by atoms with Crippen LogP contribution in [0.5, 0.6) is 0 Å². The Bertz CT molecular complexity index is 420. The highest BCUT2D eigenvalue weighted by Gasteiger charge is 2.67. The highest BCUT2D eigenvalue weighted by Crippen LogP contribution is 2.64. The van der Waals surface area contributed by atoms with Gasteiger partial charge >= 0.3 is 12.0 Å². The second-order valence-corrected chi connectivity index (χ2v) is 7.37. The van der Waals surface area contributed by atoms with Crippen molar-refractivity contribution in [2.45, 2.75) is 51.2 Å². The number of fused-ring (bicyclic) bond motifs is 5. The van der Waals surface area contributed by atoms with Crippen LogP contribution in [0.25, 0.3) is 0 Å². The minimum atomic E-state index is -5.36. The van der Waals surface area contributed by atoms with E-state index in [0.717, 1.165) is 6.42 Å². The molecule has 2 N–H and O–H groups in total. The van der Waals surface area contributed by atoms with Crippen LogP contribution in [0, 0.1) is 41.4 Å². The molecule has 0 aromatic carbocycles. The van der Waals surface area contributed by atoms with E-state index in [1.807, 2.05) is 0 Å². The minimum absolute atomic E-state index is 0.112. The summed E-state index contributed by atoms with van der Waals surface area (Å²) in [5.74, 6) is -4.77. The van der Waals surface area contributed by atoms with Gasteiger partial charge in [-0.1, -0.05) is 13.8 Å². The number of hydrogen-bond donors (Lipinski definition) is 2. The quantitative estimate of drug-likeness (QED) is 0.731. The molecule has 3 rings (SSSR count). The lowest BCUT2D eigenvalue weighted by atomic mass is 9.60. The molecule has 3 saturated carbocycles. The first-order chi connectivity index (χ1) is 9.57. The first kappa shape index (κ1) is 15.5. The molecule has 3 aliphatic carbocycles. The van der Waals surface area contributed by atoms with E-state index >= 15 is 0 Å². The molecular formula is C15H22F4O2. The third-order valence-corrected chi connectivity index (χ3v) is 6.77. The van der Waals surface area contributed by atoms with Gasteiger partial charge < -0.3 is 10.2 Å². The molecule has 6 heteroatoms. The minimum Gasteiger partial charge on any atom is -0.392 e. The molecule has 0 saturated heterocycles. The van der Waals surface area contributed by atoms with Gasteiger partial charge in [0.05, 0.1) is 12.0 Å². The smallest absolute Gasteiger partial charge is 0.392 e. The van der Waals surface area contributed by atoms with Crippen molar-refractivity contribution in [2.75, 3.05) is 0 Å². The van der Waals surface area contributed by atoms with Gasteiger partial charge in [-0.3, -0.25) is 0 Å². The maximum atomic E-state index is 13.9. The molecule has 2 bridgehead atoms. The monoisotopic (exact) mass is 310 g/mol. The van der Waals surface area contributed by atoms with Crippen molar-refractivity contribution >= 4 is 0 Å². The van der Waals surface area contributed by atoms with Crippen LogP contribution in [-0.4, -0.2) is 28.3 Å². The van der Waals surface area contributed by atoms with Crippen molar-refractivity contribution in [2.24, 2.45) is 41.4 Å². The Labute approximate surface area is 121 Å². The van der Waals surface area contributed by atoms with Crippen LogP contribution in [-0.2, 0) is 0 Å². The summed E-state index contributed by atoms with van der Waals surface area (Å²) in [6, 6.07) is 0. The first-order valence-corrected chi connectivity index (χ1v) is 7.73. The molecule has 3 aliphatic rings. The molecule has 0 amide bonds. The Morgan fingerprint density at radius 2 is 1.48 bits per heavy atom. The normalized spacial score (nSPS) is 52.6. The molecular weight excluding hydrogens is 288 g/mol. The maximum absolute atomic E-state index is 13.9. The summed E-state index contributed by atoms with van der Waals surface area (Å²) in [7, 11) is 0. The third-order valence-electron chi connectivity index (χ3n) is 6.77. The molecule has 122 valence electrons. The fourth-order valence-electron chi connectivity index (χ4n) is 5.55. The molecule has 0 aliphatic heterocycles. The lowest BCUT2D eigenvalue weighted by molar-refractivity contribution is -0.352. The van der Waals surface area contributed by atoms with Crippen molar-refractivity contribution in [1.82, 2.24) is 0 Å². The number of halogens is 4. The number of rotatable bonds is 1. The lowest BCUT2D eigenvalue weighted by Gasteiger charge is -2.48. The Balaban J connectivity index is 1.85. The molecule has 3 fully saturated rings. The number of alkyl halides is 4. The Morgan fingerprint density at radius 1 is 0.905 bits per heavy atom. The highest BCUT2D eigenvalue weighted by atomic mass is 19.4. The van der Waals surface area contributed by atoms with Gasteiger partial charge in [-0.05, 0) is 54.8 Å². The summed E-state index contributed by atoms with van der Waals surface area (Å²) >= 11 is 0. The summed E-state index contributed by atoms with van der Waals surface area (Å²) < 4.78 is 52.1. The fraction of sp³-hybridized carbons (Fsp3) is 1.00. The lowest BCUT2D eigenvalue weighted by Crippen LogP contribution is -2.57. The molecule has 0 aromatic heterocycles. The second-order valence-electron chi connectivity index (χ2n) is 7.37. The second kappa shape index (κ2) is 4.57. The topological polar surface area (TPSA) is 40.5 Å². The SMILES string of the molecule is CC1C(C)C2CC1C1CCC(C(O)(F)C(F)(F)F)C(O)C21. The molecule has 0 aromatic rings. The summed E-state index contributed by atoms with van der Waals surface area (Å²) in [4.78, 5) is 0. The summed E-state index contributed by atoms with van der Waals surface area (Å²) in [6.07, 6.45) is -5.50. The van der Waals surface area contributed by atoms with Gasteiger partial charge in [0.25, 0.3) is 0 Å². The zero-order valence-electron chi connectivity index (χ0n) is 12.1. The Hall–Kier alpha value is -0.360. The van der Waals surface area contributed by atoms with E-state index in [4.69, 9.17) is 0 Å². The van der Waals surface area contributed by atoms with Gasteiger partial charge in [0, 0.05) is 0 Å². The van der Waals surface area contributed by atoms with E-state index < -0.39 is 24.1 Å². The van der Waals surface area contributed by atoms with Crippen LogP contribution < -0.4 is 0 Å². The van der Waals surface area contributed by atoms with Crippen LogP contribution in [0.3, 0.4) is 0 Å². The van der Waals surface area contributed by atoms with Gasteiger partial charge in [-0.15, -0.1) is 0 Å². The molecule has 9 unspecified atom stereocenters. The third kappa shape index (κ3) is 1.97. The van der Waals surface area contributed by atoms with Crippen molar-refractivity contribution < 1.29 is 27.8 Å². The molecule has 0 radical (unpaired) electrons. The predicted molar refractivity (Wildman–Crippen MR) is 67.7 cm³/mol. The Morgan fingerprint density at radius 3 is 2.05 bits per heavy atom. The van der Waals surface area contributed by atoms with E-state index in [2.05, 4.69) is 13.8 Å². The van der Waals surface area contributed by atoms with Crippen LogP contribution >= 0.6 is 0 Å². The van der Waals surface area contributed by atoms with Crippen LogP contribution in [0.1, 0.15) is 33.1 Å². The first-order valence-electron chi connectivity index (χ1n) is 7.73. The van der Waals surface area contributed by atoms with Gasteiger partial charge in [0.1, 0.15) is 0 Å². The van der Waals surface area contributed by atoms with E-state index in [1.54, 1.807) is 0 Å². The summed E-state index contributed by atoms with van der Waals surface area (Å²) in [5, 5.41) is 19.7. The van der Waals surface area contributed by atoms with Gasteiger partial charge in [0.2, 0.25) is 0 Å². The average molecular weight is 310 g/mol.